The van der Waals surface area contributed by atoms with Crippen molar-refractivity contribution < 1.29 is 18.0 Å². The minimum atomic E-state index is -4.86. The average molecular weight is 272 g/mol. The molecule has 19 heavy (non-hydrogen) atoms. The highest BCUT2D eigenvalue weighted by Gasteiger charge is 2.38. The molecule has 1 amide bonds. The van der Waals surface area contributed by atoms with Gasteiger partial charge in [0, 0.05) is 24.8 Å². The fraction of sp³-hybridized carbons (Fsp3) is 0.462. The van der Waals surface area contributed by atoms with Crippen molar-refractivity contribution in [3.63, 3.8) is 0 Å². The van der Waals surface area contributed by atoms with Gasteiger partial charge in [-0.3, -0.25) is 9.69 Å². The van der Waals surface area contributed by atoms with Gasteiger partial charge in [0.05, 0.1) is 0 Å². The molecular formula is C13H15F3N2O. The second kappa shape index (κ2) is 4.85. The predicted octanol–water partition coefficient (Wildman–Crippen LogP) is 2.91. The van der Waals surface area contributed by atoms with Gasteiger partial charge in [0.2, 0.25) is 0 Å². The topological polar surface area (TPSA) is 32.3 Å². The van der Waals surface area contributed by atoms with Crippen LogP contribution in [0.25, 0.3) is 0 Å². The van der Waals surface area contributed by atoms with Gasteiger partial charge in [-0.2, -0.15) is 13.2 Å². The maximum absolute atomic E-state index is 12.2. The number of hydrogen-bond donors (Lipinski definition) is 1. The van der Waals surface area contributed by atoms with Crippen LogP contribution in [0.2, 0.25) is 0 Å². The summed E-state index contributed by atoms with van der Waals surface area (Å²) < 4.78 is 36.5. The summed E-state index contributed by atoms with van der Waals surface area (Å²) in [6.07, 6.45) is -4.86. The SMILES string of the molecule is CC(C)N1Cc2ccc(NC(=O)C(F)(F)F)cc2C1. The minimum absolute atomic E-state index is 0.187. The van der Waals surface area contributed by atoms with E-state index in [0.29, 0.717) is 12.6 Å². The summed E-state index contributed by atoms with van der Waals surface area (Å²) in [7, 11) is 0. The van der Waals surface area contributed by atoms with Crippen LogP contribution in [0.3, 0.4) is 0 Å². The molecule has 0 bridgehead atoms. The summed E-state index contributed by atoms with van der Waals surface area (Å²) in [4.78, 5) is 13.1. The Labute approximate surface area is 109 Å². The highest BCUT2D eigenvalue weighted by molar-refractivity contribution is 5.95. The molecule has 6 heteroatoms. The first-order valence-corrected chi connectivity index (χ1v) is 6.01. The van der Waals surface area contributed by atoms with Gasteiger partial charge in [-0.05, 0) is 37.1 Å². The van der Waals surface area contributed by atoms with Crippen LogP contribution in [0.15, 0.2) is 18.2 Å². The first-order chi connectivity index (χ1) is 8.77. The van der Waals surface area contributed by atoms with Gasteiger partial charge in [-0.15, -0.1) is 0 Å². The zero-order valence-electron chi connectivity index (χ0n) is 10.7. The fourth-order valence-electron chi connectivity index (χ4n) is 2.07. The highest BCUT2D eigenvalue weighted by Crippen LogP contribution is 2.27. The van der Waals surface area contributed by atoms with Gasteiger partial charge in [0.1, 0.15) is 0 Å². The number of carbonyl (C=O) groups excluding carboxylic acids is 1. The van der Waals surface area contributed by atoms with Crippen LogP contribution in [-0.4, -0.2) is 23.0 Å². The molecule has 1 heterocycles. The summed E-state index contributed by atoms with van der Waals surface area (Å²) in [6, 6.07) is 5.26. The van der Waals surface area contributed by atoms with Gasteiger partial charge < -0.3 is 5.32 Å². The molecule has 0 fully saturated rings. The lowest BCUT2D eigenvalue weighted by atomic mass is 10.1. The standard InChI is InChI=1S/C13H15F3N2O/c1-8(2)18-6-9-3-4-11(5-10(9)7-18)17-12(19)13(14,15)16/h3-5,8H,6-7H2,1-2H3,(H,17,19). The largest absolute Gasteiger partial charge is 0.471 e. The number of carbonyl (C=O) groups is 1. The van der Waals surface area contributed by atoms with Gasteiger partial charge in [0.15, 0.2) is 0 Å². The number of rotatable bonds is 2. The number of benzene rings is 1. The summed E-state index contributed by atoms with van der Waals surface area (Å²) in [6.45, 7) is 5.62. The van der Waals surface area contributed by atoms with Crippen molar-refractivity contribution in [3.8, 4) is 0 Å². The summed E-state index contributed by atoms with van der Waals surface area (Å²) in [5.41, 5.74) is 2.25. The van der Waals surface area contributed by atoms with E-state index in [1.54, 1.807) is 12.1 Å². The van der Waals surface area contributed by atoms with E-state index in [9.17, 15) is 18.0 Å². The number of halogens is 3. The Hall–Kier alpha value is -1.56. The Morgan fingerprint density at radius 3 is 2.47 bits per heavy atom. The van der Waals surface area contributed by atoms with Crippen molar-refractivity contribution in [3.05, 3.63) is 29.3 Å². The van der Waals surface area contributed by atoms with Crippen molar-refractivity contribution in [1.82, 2.24) is 4.90 Å². The first-order valence-electron chi connectivity index (χ1n) is 6.01. The Kier molecular flexibility index (Phi) is 3.54. The monoisotopic (exact) mass is 272 g/mol. The highest BCUT2D eigenvalue weighted by atomic mass is 19.4. The van der Waals surface area contributed by atoms with Gasteiger partial charge in [-0.1, -0.05) is 6.07 Å². The summed E-state index contributed by atoms with van der Waals surface area (Å²) in [5, 5.41) is 1.87. The lowest BCUT2D eigenvalue weighted by Crippen LogP contribution is -2.29. The Morgan fingerprint density at radius 1 is 1.26 bits per heavy atom. The van der Waals surface area contributed by atoms with E-state index in [2.05, 4.69) is 18.7 Å². The molecule has 3 nitrogen and oxygen atoms in total. The van der Waals surface area contributed by atoms with Crippen molar-refractivity contribution in [2.45, 2.75) is 39.2 Å². The normalized spacial score (nSPS) is 15.7. The number of amides is 1. The van der Waals surface area contributed by atoms with E-state index in [-0.39, 0.29) is 5.69 Å². The second-order valence-corrected chi connectivity index (χ2v) is 4.93. The van der Waals surface area contributed by atoms with Gasteiger partial charge >= 0.3 is 12.1 Å². The zero-order valence-corrected chi connectivity index (χ0v) is 10.7. The summed E-state index contributed by atoms with van der Waals surface area (Å²) >= 11 is 0. The number of alkyl halides is 3. The maximum atomic E-state index is 12.2. The molecule has 0 aliphatic carbocycles. The minimum Gasteiger partial charge on any atom is -0.318 e. The molecule has 0 saturated heterocycles. The van der Waals surface area contributed by atoms with E-state index < -0.39 is 12.1 Å². The molecule has 0 unspecified atom stereocenters. The molecule has 0 atom stereocenters. The van der Waals surface area contributed by atoms with E-state index in [1.807, 2.05) is 5.32 Å². The van der Waals surface area contributed by atoms with Crippen molar-refractivity contribution >= 4 is 11.6 Å². The molecule has 1 N–H and O–H groups in total. The van der Waals surface area contributed by atoms with Crippen LogP contribution >= 0.6 is 0 Å². The quantitative estimate of drug-likeness (QED) is 0.897. The van der Waals surface area contributed by atoms with Crippen LogP contribution in [-0.2, 0) is 17.9 Å². The zero-order chi connectivity index (χ0) is 14.2. The number of hydrogen-bond acceptors (Lipinski definition) is 2. The molecule has 1 aromatic carbocycles. The van der Waals surface area contributed by atoms with Crippen LogP contribution in [0, 0.1) is 0 Å². The van der Waals surface area contributed by atoms with Gasteiger partial charge in [0.25, 0.3) is 0 Å². The predicted molar refractivity (Wildman–Crippen MR) is 65.5 cm³/mol. The van der Waals surface area contributed by atoms with Crippen molar-refractivity contribution in [2.75, 3.05) is 5.32 Å². The Morgan fingerprint density at radius 2 is 1.89 bits per heavy atom. The number of anilines is 1. The molecule has 1 aromatic rings. The molecule has 0 aromatic heterocycles. The van der Waals surface area contributed by atoms with E-state index in [1.165, 1.54) is 6.07 Å². The second-order valence-electron chi connectivity index (χ2n) is 4.93. The molecule has 2 rings (SSSR count). The molecule has 0 spiro atoms. The smallest absolute Gasteiger partial charge is 0.318 e. The lowest BCUT2D eigenvalue weighted by Gasteiger charge is -2.18. The fourth-order valence-corrected chi connectivity index (χ4v) is 2.07. The van der Waals surface area contributed by atoms with Crippen molar-refractivity contribution in [1.29, 1.82) is 0 Å². The lowest BCUT2D eigenvalue weighted by molar-refractivity contribution is -0.167. The average Bonchev–Trinajstić information content (AvgIpc) is 2.70. The third-order valence-corrected chi connectivity index (χ3v) is 3.20. The number of nitrogens with zero attached hydrogens (tertiary/aromatic N) is 1. The van der Waals surface area contributed by atoms with Crippen LogP contribution < -0.4 is 5.32 Å². The van der Waals surface area contributed by atoms with Crippen molar-refractivity contribution in [2.24, 2.45) is 0 Å². The number of fused-ring (bicyclic) bond motifs is 1. The first kappa shape index (κ1) is 13.9. The molecule has 0 saturated carbocycles. The molecule has 1 aliphatic heterocycles. The van der Waals surface area contributed by atoms with Crippen LogP contribution in [0.1, 0.15) is 25.0 Å². The van der Waals surface area contributed by atoms with E-state index in [0.717, 1.165) is 17.7 Å². The maximum Gasteiger partial charge on any atom is 0.471 e. The Balaban J connectivity index is 2.12. The van der Waals surface area contributed by atoms with E-state index >= 15 is 0 Å². The van der Waals surface area contributed by atoms with Crippen LogP contribution in [0.4, 0.5) is 18.9 Å². The summed E-state index contributed by atoms with van der Waals surface area (Å²) in [5.74, 6) is -1.94. The third-order valence-electron chi connectivity index (χ3n) is 3.20. The van der Waals surface area contributed by atoms with Gasteiger partial charge in [-0.25, -0.2) is 0 Å². The molecular weight excluding hydrogens is 257 g/mol. The van der Waals surface area contributed by atoms with E-state index in [4.69, 9.17) is 0 Å². The molecule has 0 radical (unpaired) electrons. The Bertz CT molecular complexity index is 497. The van der Waals surface area contributed by atoms with Crippen LogP contribution in [0.5, 0.6) is 0 Å². The number of nitrogens with one attached hydrogen (secondary N) is 1. The molecule has 104 valence electrons. The molecule has 1 aliphatic rings. The third kappa shape index (κ3) is 3.07.